The summed E-state index contributed by atoms with van der Waals surface area (Å²) in [5, 5.41) is 9.66. The van der Waals surface area contributed by atoms with E-state index in [0.717, 1.165) is 10.5 Å². The van der Waals surface area contributed by atoms with E-state index in [4.69, 9.17) is 28.3 Å². The van der Waals surface area contributed by atoms with Crippen LogP contribution in [0.4, 0.5) is 4.79 Å². The number of nitrogens with zero attached hydrogens (tertiary/aromatic N) is 1. The molecule has 0 saturated heterocycles. The lowest BCUT2D eigenvalue weighted by Crippen LogP contribution is -2.23. The van der Waals surface area contributed by atoms with E-state index < -0.39 is 6.09 Å². The molecule has 1 amide bonds. The van der Waals surface area contributed by atoms with Crippen molar-refractivity contribution in [2.24, 2.45) is 0 Å². The minimum absolute atomic E-state index is 0.255. The van der Waals surface area contributed by atoms with Crippen LogP contribution in [-0.4, -0.2) is 23.1 Å². The fourth-order valence-corrected chi connectivity index (χ4v) is 1.44. The normalized spacial score (nSPS) is 9.93. The zero-order valence-electron chi connectivity index (χ0n) is 7.50. The maximum atomic E-state index is 10.5. The Bertz CT molecular complexity index is 355. The van der Waals surface area contributed by atoms with E-state index >= 15 is 0 Å². The summed E-state index contributed by atoms with van der Waals surface area (Å²) in [6.45, 7) is 0.255. The summed E-state index contributed by atoms with van der Waals surface area (Å²) in [7, 11) is 1.48. The van der Waals surface area contributed by atoms with Crippen LogP contribution in [-0.2, 0) is 6.54 Å². The highest BCUT2D eigenvalue weighted by Gasteiger charge is 2.08. The first-order valence-corrected chi connectivity index (χ1v) is 4.64. The van der Waals surface area contributed by atoms with Gasteiger partial charge in [0.25, 0.3) is 0 Å². The highest BCUT2D eigenvalue weighted by Crippen LogP contribution is 2.21. The van der Waals surface area contributed by atoms with Crippen molar-refractivity contribution in [3.63, 3.8) is 0 Å². The summed E-state index contributed by atoms with van der Waals surface area (Å²) in [5.41, 5.74) is 0.737. The van der Waals surface area contributed by atoms with Crippen LogP contribution in [0.1, 0.15) is 5.56 Å². The highest BCUT2D eigenvalue weighted by molar-refractivity contribution is 6.35. The fourth-order valence-electron chi connectivity index (χ4n) is 0.973. The van der Waals surface area contributed by atoms with Crippen LogP contribution < -0.4 is 0 Å². The van der Waals surface area contributed by atoms with E-state index in [-0.39, 0.29) is 6.54 Å². The molecule has 14 heavy (non-hydrogen) atoms. The van der Waals surface area contributed by atoms with Crippen LogP contribution >= 0.6 is 23.2 Å². The van der Waals surface area contributed by atoms with E-state index in [1.165, 1.54) is 7.05 Å². The van der Waals surface area contributed by atoms with E-state index in [0.29, 0.717) is 10.0 Å². The zero-order chi connectivity index (χ0) is 10.7. The lowest BCUT2D eigenvalue weighted by Gasteiger charge is -2.13. The Hall–Kier alpha value is -0.930. The first-order valence-electron chi connectivity index (χ1n) is 3.88. The van der Waals surface area contributed by atoms with Gasteiger partial charge in [-0.15, -0.1) is 0 Å². The topological polar surface area (TPSA) is 40.5 Å². The van der Waals surface area contributed by atoms with Crippen LogP contribution in [0.15, 0.2) is 18.2 Å². The number of halogens is 2. The molecule has 0 aliphatic heterocycles. The SMILES string of the molecule is CN(Cc1ccc(Cl)cc1Cl)C(=O)O. The lowest BCUT2D eigenvalue weighted by molar-refractivity contribution is 0.154. The van der Waals surface area contributed by atoms with Crippen molar-refractivity contribution in [1.82, 2.24) is 4.90 Å². The van der Waals surface area contributed by atoms with Gasteiger partial charge in [-0.2, -0.15) is 0 Å². The monoisotopic (exact) mass is 233 g/mol. The van der Waals surface area contributed by atoms with Crippen molar-refractivity contribution in [3.05, 3.63) is 33.8 Å². The molecule has 1 aromatic carbocycles. The third kappa shape index (κ3) is 2.79. The van der Waals surface area contributed by atoms with Gasteiger partial charge in [-0.25, -0.2) is 4.79 Å². The molecule has 0 aliphatic carbocycles. The van der Waals surface area contributed by atoms with E-state index in [1.807, 2.05) is 0 Å². The average Bonchev–Trinajstić information content (AvgIpc) is 2.09. The molecule has 0 unspecified atom stereocenters. The summed E-state index contributed by atoms with van der Waals surface area (Å²) >= 11 is 11.6. The van der Waals surface area contributed by atoms with Gasteiger partial charge in [0.2, 0.25) is 0 Å². The summed E-state index contributed by atoms with van der Waals surface area (Å²) < 4.78 is 0. The second-order valence-corrected chi connectivity index (χ2v) is 3.72. The van der Waals surface area contributed by atoms with Crippen molar-refractivity contribution in [3.8, 4) is 0 Å². The van der Waals surface area contributed by atoms with Crippen LogP contribution in [0.5, 0.6) is 0 Å². The van der Waals surface area contributed by atoms with Gasteiger partial charge in [-0.3, -0.25) is 0 Å². The molecular formula is C9H9Cl2NO2. The van der Waals surface area contributed by atoms with Crippen molar-refractivity contribution in [2.75, 3.05) is 7.05 Å². The minimum atomic E-state index is -0.990. The molecule has 5 heteroatoms. The average molecular weight is 234 g/mol. The molecule has 1 N–H and O–H groups in total. The van der Waals surface area contributed by atoms with Crippen molar-refractivity contribution in [1.29, 1.82) is 0 Å². The number of carboxylic acid groups (broad SMARTS) is 1. The Morgan fingerprint density at radius 2 is 2.14 bits per heavy atom. The highest BCUT2D eigenvalue weighted by atomic mass is 35.5. The second-order valence-electron chi connectivity index (χ2n) is 2.87. The molecule has 0 heterocycles. The number of hydrogen-bond acceptors (Lipinski definition) is 1. The van der Waals surface area contributed by atoms with Gasteiger partial charge >= 0.3 is 6.09 Å². The Morgan fingerprint density at radius 1 is 1.50 bits per heavy atom. The Labute approximate surface area is 91.8 Å². The smallest absolute Gasteiger partial charge is 0.407 e. The molecule has 0 fully saturated rings. The molecular weight excluding hydrogens is 225 g/mol. The molecule has 3 nitrogen and oxygen atoms in total. The standard InChI is InChI=1S/C9H9Cl2NO2/c1-12(9(13)14)5-6-2-3-7(10)4-8(6)11/h2-4H,5H2,1H3,(H,13,14). The number of rotatable bonds is 2. The molecule has 76 valence electrons. The maximum absolute atomic E-state index is 10.5. The van der Waals surface area contributed by atoms with Crippen LogP contribution in [0.25, 0.3) is 0 Å². The molecule has 0 bridgehead atoms. The van der Waals surface area contributed by atoms with Crippen LogP contribution in [0, 0.1) is 0 Å². The van der Waals surface area contributed by atoms with E-state index in [2.05, 4.69) is 0 Å². The first kappa shape index (κ1) is 11.1. The molecule has 0 saturated carbocycles. The Kier molecular flexibility index (Phi) is 3.61. The largest absolute Gasteiger partial charge is 0.465 e. The van der Waals surface area contributed by atoms with Gasteiger partial charge in [0.05, 0.1) is 6.54 Å². The predicted octanol–water partition coefficient (Wildman–Crippen LogP) is 3.10. The second kappa shape index (κ2) is 4.53. The van der Waals surface area contributed by atoms with Gasteiger partial charge < -0.3 is 10.0 Å². The van der Waals surface area contributed by atoms with Gasteiger partial charge in [0.15, 0.2) is 0 Å². The molecule has 0 spiro atoms. The summed E-state index contributed by atoms with van der Waals surface area (Å²) in [5.74, 6) is 0. The van der Waals surface area contributed by atoms with Crippen LogP contribution in [0.2, 0.25) is 10.0 Å². The summed E-state index contributed by atoms with van der Waals surface area (Å²) in [6.07, 6.45) is -0.990. The Morgan fingerprint density at radius 3 is 2.64 bits per heavy atom. The van der Waals surface area contributed by atoms with Crippen molar-refractivity contribution in [2.45, 2.75) is 6.54 Å². The quantitative estimate of drug-likeness (QED) is 0.853. The predicted molar refractivity (Wildman–Crippen MR) is 56.0 cm³/mol. The number of amides is 1. The maximum Gasteiger partial charge on any atom is 0.407 e. The summed E-state index contributed by atoms with van der Waals surface area (Å²) in [4.78, 5) is 11.7. The van der Waals surface area contributed by atoms with Gasteiger partial charge in [0, 0.05) is 17.1 Å². The molecule has 0 atom stereocenters. The van der Waals surface area contributed by atoms with Gasteiger partial charge in [-0.1, -0.05) is 29.3 Å². The van der Waals surface area contributed by atoms with Gasteiger partial charge in [0.1, 0.15) is 0 Å². The molecule has 0 radical (unpaired) electrons. The van der Waals surface area contributed by atoms with Crippen LogP contribution in [0.3, 0.4) is 0 Å². The number of hydrogen-bond donors (Lipinski definition) is 1. The number of benzene rings is 1. The van der Waals surface area contributed by atoms with E-state index in [1.54, 1.807) is 18.2 Å². The van der Waals surface area contributed by atoms with Crippen molar-refractivity contribution >= 4 is 29.3 Å². The molecule has 0 aromatic heterocycles. The van der Waals surface area contributed by atoms with Gasteiger partial charge in [-0.05, 0) is 17.7 Å². The zero-order valence-corrected chi connectivity index (χ0v) is 9.01. The Balaban J connectivity index is 2.82. The number of carbonyl (C=O) groups is 1. The minimum Gasteiger partial charge on any atom is -0.465 e. The third-order valence-corrected chi connectivity index (χ3v) is 2.34. The molecule has 1 rings (SSSR count). The molecule has 1 aromatic rings. The molecule has 0 aliphatic rings. The first-order chi connectivity index (χ1) is 6.50. The van der Waals surface area contributed by atoms with Crippen molar-refractivity contribution < 1.29 is 9.90 Å². The third-order valence-electron chi connectivity index (χ3n) is 1.75. The summed E-state index contributed by atoms with van der Waals surface area (Å²) in [6, 6.07) is 4.98. The fraction of sp³-hybridized carbons (Fsp3) is 0.222. The lowest BCUT2D eigenvalue weighted by atomic mass is 10.2. The van der Waals surface area contributed by atoms with E-state index in [9.17, 15) is 4.79 Å².